The lowest BCUT2D eigenvalue weighted by Crippen LogP contribution is -2.41. The lowest BCUT2D eigenvalue weighted by Gasteiger charge is -2.27. The average molecular weight is 677 g/mol. The number of carboxylic acid groups (broad SMARTS) is 1. The maximum absolute atomic E-state index is 11.9. The van der Waals surface area contributed by atoms with Gasteiger partial charge in [0.15, 0.2) is 0 Å². The van der Waals surface area contributed by atoms with Gasteiger partial charge >= 0.3 is 5.97 Å². The standard InChI is InChI=1S/C43H68N2O4/c1-5-8-11-14-17-20-23-26-31-39(4)37-45(38-41(47)33-28-25-22-19-16-13-10-7-3)35-30-29-34-42(43(48)49)44-36-40(46)32-27-24-21-18-15-12-9-6-2/h3,39-42,44,46-47H,5-6,8-9,11-12,14-15,17-18,20-21,23-24,26-27,29-32,34-38H2,1-2,4H3,(H,48,49). The zero-order chi connectivity index (χ0) is 36.2. The first-order chi connectivity index (χ1) is 23.8. The SMILES string of the molecule is C#CC#CC#CC#CC#CC(O)CN(CCCCC(NCC(O)CCCCCCCCCC)C(=O)O)CC(C)CCCCCCCCCC. The number of hydrogen-bond acceptors (Lipinski definition) is 5. The van der Waals surface area contributed by atoms with E-state index < -0.39 is 24.2 Å². The summed E-state index contributed by atoms with van der Waals surface area (Å²) in [6.07, 6.45) is 27.7. The Balaban J connectivity index is 4.80. The van der Waals surface area contributed by atoms with Crippen LogP contribution >= 0.6 is 0 Å². The lowest BCUT2D eigenvalue weighted by atomic mass is 10.0. The van der Waals surface area contributed by atoms with Crippen molar-refractivity contribution in [1.82, 2.24) is 10.2 Å². The molecule has 0 amide bonds. The minimum Gasteiger partial charge on any atom is -0.480 e. The summed E-state index contributed by atoms with van der Waals surface area (Å²) in [5, 5.41) is 33.9. The van der Waals surface area contributed by atoms with E-state index in [1.807, 2.05) is 0 Å². The molecule has 0 radical (unpaired) electrons. The highest BCUT2D eigenvalue weighted by Gasteiger charge is 2.19. The number of hydrogen-bond donors (Lipinski definition) is 4. The van der Waals surface area contributed by atoms with E-state index in [1.165, 1.54) is 89.9 Å². The summed E-state index contributed by atoms with van der Waals surface area (Å²) in [5.74, 6) is 22.4. The summed E-state index contributed by atoms with van der Waals surface area (Å²) >= 11 is 0. The first kappa shape index (κ1) is 46.1. The molecule has 6 heteroatoms. The highest BCUT2D eigenvalue weighted by atomic mass is 16.4. The molecule has 4 atom stereocenters. The van der Waals surface area contributed by atoms with E-state index in [0.717, 1.165) is 45.2 Å². The van der Waals surface area contributed by atoms with Crippen LogP contribution in [0.15, 0.2) is 0 Å². The van der Waals surface area contributed by atoms with E-state index in [2.05, 4.69) is 84.3 Å². The fourth-order valence-electron chi connectivity index (χ4n) is 5.91. The lowest BCUT2D eigenvalue weighted by molar-refractivity contribution is -0.139. The van der Waals surface area contributed by atoms with E-state index in [4.69, 9.17) is 6.42 Å². The smallest absolute Gasteiger partial charge is 0.320 e. The Morgan fingerprint density at radius 2 is 1.14 bits per heavy atom. The maximum Gasteiger partial charge on any atom is 0.320 e. The van der Waals surface area contributed by atoms with Crippen LogP contribution in [0.25, 0.3) is 0 Å². The van der Waals surface area contributed by atoms with Crippen LogP contribution in [0.4, 0.5) is 0 Å². The quantitative estimate of drug-likeness (QED) is 0.0447. The highest BCUT2D eigenvalue weighted by molar-refractivity contribution is 5.73. The molecule has 0 aromatic rings. The molecule has 0 heterocycles. The van der Waals surface area contributed by atoms with Crippen molar-refractivity contribution < 1.29 is 20.1 Å². The third kappa shape index (κ3) is 32.1. The van der Waals surface area contributed by atoms with E-state index in [-0.39, 0.29) is 0 Å². The van der Waals surface area contributed by atoms with Gasteiger partial charge in [-0.1, -0.05) is 136 Å². The predicted octanol–water partition coefficient (Wildman–Crippen LogP) is 7.57. The molecule has 0 aliphatic heterocycles. The van der Waals surface area contributed by atoms with Gasteiger partial charge in [-0.2, -0.15) is 0 Å². The predicted molar refractivity (Wildman–Crippen MR) is 205 cm³/mol. The molecule has 0 aromatic heterocycles. The highest BCUT2D eigenvalue weighted by Crippen LogP contribution is 2.16. The van der Waals surface area contributed by atoms with Crippen LogP contribution in [-0.4, -0.2) is 70.6 Å². The van der Waals surface area contributed by atoms with Crippen molar-refractivity contribution in [1.29, 1.82) is 0 Å². The molecule has 0 aliphatic rings. The third-order valence-electron chi connectivity index (χ3n) is 8.74. The zero-order valence-corrected chi connectivity index (χ0v) is 31.3. The van der Waals surface area contributed by atoms with E-state index in [9.17, 15) is 20.1 Å². The van der Waals surface area contributed by atoms with Gasteiger partial charge in [0.1, 0.15) is 12.1 Å². The van der Waals surface area contributed by atoms with Crippen LogP contribution in [0, 0.1) is 65.6 Å². The number of unbranched alkanes of at least 4 members (excludes halogenated alkanes) is 15. The van der Waals surface area contributed by atoms with Crippen molar-refractivity contribution in [2.45, 2.75) is 174 Å². The van der Waals surface area contributed by atoms with Crippen LogP contribution in [0.2, 0.25) is 0 Å². The minimum absolute atomic E-state index is 0.299. The van der Waals surface area contributed by atoms with Gasteiger partial charge in [0.05, 0.1) is 6.10 Å². The number of carboxylic acids is 1. The molecule has 0 bridgehead atoms. The molecule has 49 heavy (non-hydrogen) atoms. The van der Waals surface area contributed by atoms with Crippen molar-refractivity contribution in [3.8, 4) is 59.7 Å². The number of nitrogens with zero attached hydrogens (tertiary/aromatic N) is 1. The largest absolute Gasteiger partial charge is 0.480 e. The topological polar surface area (TPSA) is 93.0 Å². The summed E-state index contributed by atoms with van der Waals surface area (Å²) in [6, 6.07) is -0.682. The second kappa shape index (κ2) is 35.0. The van der Waals surface area contributed by atoms with Gasteiger partial charge < -0.3 is 20.6 Å². The molecule has 0 spiro atoms. The van der Waals surface area contributed by atoms with Crippen LogP contribution in [0.5, 0.6) is 0 Å². The molecular weight excluding hydrogens is 608 g/mol. The number of aliphatic carboxylic acids is 1. The van der Waals surface area contributed by atoms with Gasteiger partial charge in [0, 0.05) is 19.6 Å². The first-order valence-corrected chi connectivity index (χ1v) is 19.3. The molecule has 4 N–H and O–H groups in total. The molecule has 0 aromatic carbocycles. The number of aliphatic hydroxyl groups excluding tert-OH is 2. The second-order valence-corrected chi connectivity index (χ2v) is 13.5. The van der Waals surface area contributed by atoms with Gasteiger partial charge in [0.25, 0.3) is 0 Å². The summed E-state index contributed by atoms with van der Waals surface area (Å²) in [6.45, 7) is 9.04. The third-order valence-corrected chi connectivity index (χ3v) is 8.74. The molecular formula is C43H68N2O4. The van der Waals surface area contributed by atoms with Crippen molar-refractivity contribution in [3.63, 3.8) is 0 Å². The Hall–Kier alpha value is -2.89. The minimum atomic E-state index is -0.880. The van der Waals surface area contributed by atoms with Gasteiger partial charge in [-0.25, -0.2) is 0 Å². The number of carbonyl (C=O) groups is 1. The van der Waals surface area contributed by atoms with E-state index >= 15 is 0 Å². The van der Waals surface area contributed by atoms with Gasteiger partial charge in [-0.05, 0) is 85.5 Å². The molecule has 0 rings (SSSR count). The Kier molecular flexibility index (Phi) is 32.9. The summed E-state index contributed by atoms with van der Waals surface area (Å²) in [4.78, 5) is 14.2. The van der Waals surface area contributed by atoms with Crippen LogP contribution in [0.3, 0.4) is 0 Å². The van der Waals surface area contributed by atoms with Crippen molar-refractivity contribution in [2.75, 3.05) is 26.2 Å². The van der Waals surface area contributed by atoms with Crippen molar-refractivity contribution in [3.05, 3.63) is 0 Å². The molecule has 6 nitrogen and oxygen atoms in total. The summed E-state index contributed by atoms with van der Waals surface area (Å²) in [7, 11) is 0. The van der Waals surface area contributed by atoms with E-state index in [0.29, 0.717) is 31.8 Å². The fraction of sp³-hybridized carbons (Fsp3) is 0.744. The van der Waals surface area contributed by atoms with Gasteiger partial charge in [-0.3, -0.25) is 9.69 Å². The molecule has 0 saturated carbocycles. The second-order valence-electron chi connectivity index (χ2n) is 13.5. The average Bonchev–Trinajstić information content (AvgIpc) is 3.07. The van der Waals surface area contributed by atoms with Gasteiger partial charge in [0.2, 0.25) is 0 Å². The molecule has 4 unspecified atom stereocenters. The number of rotatable bonds is 31. The normalized spacial score (nSPS) is 12.8. The van der Waals surface area contributed by atoms with Crippen LogP contribution in [0.1, 0.15) is 156 Å². The Bertz CT molecular complexity index is 1110. The van der Waals surface area contributed by atoms with Crippen molar-refractivity contribution >= 4 is 5.97 Å². The Morgan fingerprint density at radius 3 is 1.69 bits per heavy atom. The van der Waals surface area contributed by atoms with Gasteiger partial charge in [-0.15, -0.1) is 6.42 Å². The fourth-order valence-corrected chi connectivity index (χ4v) is 5.91. The molecule has 0 fully saturated rings. The van der Waals surface area contributed by atoms with Crippen LogP contribution in [-0.2, 0) is 4.79 Å². The molecule has 0 saturated heterocycles. The number of nitrogens with one attached hydrogen (secondary N) is 1. The van der Waals surface area contributed by atoms with Crippen molar-refractivity contribution in [2.24, 2.45) is 5.92 Å². The summed E-state index contributed by atoms with van der Waals surface area (Å²) < 4.78 is 0. The summed E-state index contributed by atoms with van der Waals surface area (Å²) in [5.41, 5.74) is 0. The molecule has 0 aliphatic carbocycles. The Labute approximate surface area is 301 Å². The number of terminal acetylenes is 1. The molecule has 274 valence electrons. The Morgan fingerprint density at radius 1 is 0.653 bits per heavy atom. The van der Waals surface area contributed by atoms with E-state index in [1.54, 1.807) is 0 Å². The monoisotopic (exact) mass is 677 g/mol. The maximum atomic E-state index is 11.9. The zero-order valence-electron chi connectivity index (χ0n) is 31.3. The first-order valence-electron chi connectivity index (χ1n) is 19.3. The number of aliphatic hydroxyl groups is 2. The van der Waals surface area contributed by atoms with Crippen LogP contribution < -0.4 is 5.32 Å².